The molecule has 0 saturated carbocycles. The molecule has 0 atom stereocenters. The molecule has 2 aromatic rings. The fourth-order valence-electron chi connectivity index (χ4n) is 1.57. The zero-order valence-electron chi connectivity index (χ0n) is 16.8. The van der Waals surface area contributed by atoms with Crippen LogP contribution in [0.15, 0.2) is 36.4 Å². The number of nitrogen functional groups attached to an aromatic ring is 6. The van der Waals surface area contributed by atoms with Crippen molar-refractivity contribution in [1.82, 2.24) is 0 Å². The van der Waals surface area contributed by atoms with Crippen LogP contribution in [0.1, 0.15) is 21.2 Å². The van der Waals surface area contributed by atoms with Crippen LogP contribution in [0.25, 0.3) is 0 Å². The number of hydrogen-bond donors (Lipinski definition) is 8. The minimum Gasteiger partial charge on any atom is -1.00 e. The molecule has 27 heavy (non-hydrogen) atoms. The van der Waals surface area contributed by atoms with Crippen molar-refractivity contribution in [2.24, 2.45) is 0 Å². The summed E-state index contributed by atoms with van der Waals surface area (Å²) in [5.74, 6) is 0. The molecule has 0 amide bonds. The van der Waals surface area contributed by atoms with E-state index in [1.54, 1.807) is 36.4 Å². The first-order chi connectivity index (χ1) is 12.0. The molecule has 0 heterocycles. The van der Waals surface area contributed by atoms with Crippen LogP contribution in [-0.4, -0.2) is 15.9 Å². The maximum absolute atomic E-state index is 10.1. The van der Waals surface area contributed by atoms with Gasteiger partial charge < -0.3 is 45.6 Å². The van der Waals surface area contributed by atoms with Gasteiger partial charge >= 0.3 is 37.2 Å². The van der Waals surface area contributed by atoms with Gasteiger partial charge in [0.2, 0.25) is 0 Å². The normalized spacial score (nSPS) is 9.74. The molecule has 11 heteroatoms. The molecule has 9 nitrogen and oxygen atoms in total. The summed E-state index contributed by atoms with van der Waals surface area (Å²) < 4.78 is 10.1. The molecule has 0 aliphatic heterocycles. The molecular formula is C16H30N6NaO3P. The van der Waals surface area contributed by atoms with Crippen LogP contribution in [0.3, 0.4) is 0 Å². The van der Waals surface area contributed by atoms with Crippen molar-refractivity contribution in [3.8, 4) is 0 Å². The first-order valence-electron chi connectivity index (χ1n) is 7.83. The summed E-state index contributed by atoms with van der Waals surface area (Å²) in [5.41, 5.74) is 35.6. The molecule has 0 radical (unpaired) electrons. The summed E-state index contributed by atoms with van der Waals surface area (Å²) in [6.07, 6.45) is 1.49. The molecule has 0 aliphatic rings. The topological polar surface area (TPSA) is 214 Å². The number of nitrogens with two attached hydrogens (primary N) is 6. The predicted octanol–water partition coefficient (Wildman–Crippen LogP) is -1.05. The van der Waals surface area contributed by atoms with Crippen molar-refractivity contribution < 1.29 is 45.3 Å². The third-order valence-corrected chi connectivity index (χ3v) is 4.05. The van der Waals surface area contributed by atoms with E-state index in [9.17, 15) is 4.57 Å². The van der Waals surface area contributed by atoms with Gasteiger partial charge in [-0.2, -0.15) is 0 Å². The second-order valence-electron chi connectivity index (χ2n) is 5.44. The van der Waals surface area contributed by atoms with Crippen molar-refractivity contribution in [3.05, 3.63) is 36.4 Å². The Morgan fingerprint density at radius 3 is 1.26 bits per heavy atom. The summed E-state index contributed by atoms with van der Waals surface area (Å²) in [4.78, 5) is 16.5. The maximum atomic E-state index is 10.1. The van der Waals surface area contributed by atoms with E-state index >= 15 is 0 Å². The Balaban J connectivity index is -0.000000324. The maximum Gasteiger partial charge on any atom is 1.00 e. The second kappa shape index (κ2) is 13.5. The van der Waals surface area contributed by atoms with Crippen molar-refractivity contribution in [3.63, 3.8) is 0 Å². The quantitative estimate of drug-likeness (QED) is 0.176. The molecule has 148 valence electrons. The third kappa shape index (κ3) is 12.4. The zero-order chi connectivity index (χ0) is 20.3. The molecule has 0 fully saturated rings. The van der Waals surface area contributed by atoms with Crippen LogP contribution in [0.4, 0.5) is 34.1 Å². The van der Waals surface area contributed by atoms with Crippen molar-refractivity contribution >= 4 is 41.7 Å². The number of para-hydroxylation sites is 2. The van der Waals surface area contributed by atoms with E-state index in [0.29, 0.717) is 40.5 Å². The molecule has 0 unspecified atom stereocenters. The third-order valence-electron chi connectivity index (χ3n) is 3.15. The Kier molecular flexibility index (Phi) is 13.8. The van der Waals surface area contributed by atoms with Gasteiger partial charge in [0.25, 0.3) is 0 Å². The molecule has 0 saturated heterocycles. The van der Waals surface area contributed by atoms with E-state index in [1.807, 2.05) is 6.92 Å². The first kappa shape index (κ1) is 27.6. The van der Waals surface area contributed by atoms with Gasteiger partial charge in [-0.1, -0.05) is 25.5 Å². The standard InChI is InChI=1S/2C6H9N3.C4H11O3P.Na.H/c2*7-4-2-1-3-5(8)6(4)9;1-2-3-4-8(5,6)7;;/h2*1-3H,7-9H2;2-4H2,1H3,(H2,5,6,7);;/q;;;+1;-1. The largest absolute Gasteiger partial charge is 1.00 e. The zero-order valence-corrected chi connectivity index (χ0v) is 18.7. The minimum absolute atomic E-state index is 0. The van der Waals surface area contributed by atoms with E-state index in [-0.39, 0.29) is 37.1 Å². The fourth-order valence-corrected chi connectivity index (χ4v) is 2.30. The van der Waals surface area contributed by atoms with Crippen LogP contribution in [0.5, 0.6) is 0 Å². The van der Waals surface area contributed by atoms with Gasteiger partial charge in [0.05, 0.1) is 34.1 Å². The molecule has 2 aromatic carbocycles. The number of unbranched alkanes of at least 4 members (excludes halogenated alkanes) is 1. The average molecular weight is 408 g/mol. The van der Waals surface area contributed by atoms with Crippen LogP contribution in [0, 0.1) is 0 Å². The van der Waals surface area contributed by atoms with Crippen LogP contribution < -0.4 is 64.0 Å². The van der Waals surface area contributed by atoms with Crippen molar-refractivity contribution in [2.75, 3.05) is 40.6 Å². The van der Waals surface area contributed by atoms with E-state index in [2.05, 4.69) is 0 Å². The Hall–Kier alpha value is -1.61. The summed E-state index contributed by atoms with van der Waals surface area (Å²) in [6, 6.07) is 10.4. The number of benzene rings is 2. The molecule has 0 spiro atoms. The molecule has 2 rings (SSSR count). The summed E-state index contributed by atoms with van der Waals surface area (Å²) in [5, 5.41) is 0. The van der Waals surface area contributed by atoms with E-state index in [1.165, 1.54) is 0 Å². The monoisotopic (exact) mass is 408 g/mol. The smallest absolute Gasteiger partial charge is 1.00 e. The van der Waals surface area contributed by atoms with Crippen molar-refractivity contribution in [1.29, 1.82) is 0 Å². The molecular weight excluding hydrogens is 378 g/mol. The molecule has 0 aromatic heterocycles. The SMILES string of the molecule is CCCCP(=O)(O)O.Nc1cccc(N)c1N.Nc1cccc(N)c1N.[H-].[Na+]. The van der Waals surface area contributed by atoms with Crippen molar-refractivity contribution in [2.45, 2.75) is 19.8 Å². The summed E-state index contributed by atoms with van der Waals surface area (Å²) in [7, 11) is -3.68. The number of rotatable bonds is 3. The number of anilines is 6. The van der Waals surface area contributed by atoms with E-state index in [0.717, 1.165) is 6.42 Å². The van der Waals surface area contributed by atoms with Gasteiger partial charge in [-0.25, -0.2) is 0 Å². The minimum atomic E-state index is -3.68. The van der Waals surface area contributed by atoms with Crippen LogP contribution >= 0.6 is 7.60 Å². The molecule has 0 bridgehead atoms. The Morgan fingerprint density at radius 2 is 1.11 bits per heavy atom. The Morgan fingerprint density at radius 1 is 0.815 bits per heavy atom. The van der Waals surface area contributed by atoms with Gasteiger partial charge in [-0.3, -0.25) is 4.57 Å². The van der Waals surface area contributed by atoms with E-state index in [4.69, 9.17) is 44.2 Å². The van der Waals surface area contributed by atoms with Gasteiger partial charge in [-0.15, -0.1) is 0 Å². The van der Waals surface area contributed by atoms with E-state index < -0.39 is 7.60 Å². The van der Waals surface area contributed by atoms with Gasteiger partial charge in [-0.05, 0) is 30.7 Å². The Labute approximate surface area is 183 Å². The summed E-state index contributed by atoms with van der Waals surface area (Å²) in [6.45, 7) is 1.90. The molecule has 0 aliphatic carbocycles. The summed E-state index contributed by atoms with van der Waals surface area (Å²) >= 11 is 0. The molecule has 14 N–H and O–H groups in total. The van der Waals surface area contributed by atoms with Gasteiger partial charge in [0.1, 0.15) is 0 Å². The van der Waals surface area contributed by atoms with Gasteiger partial charge in [0, 0.05) is 6.16 Å². The fraction of sp³-hybridized carbons (Fsp3) is 0.250. The second-order valence-corrected chi connectivity index (χ2v) is 7.22. The Bertz CT molecular complexity index is 658. The van der Waals surface area contributed by atoms with Gasteiger partial charge in [0.15, 0.2) is 0 Å². The number of hydrogen-bond acceptors (Lipinski definition) is 7. The van der Waals surface area contributed by atoms with Crippen LogP contribution in [-0.2, 0) is 4.57 Å². The average Bonchev–Trinajstić information content (AvgIpc) is 2.56. The predicted molar refractivity (Wildman–Crippen MR) is 112 cm³/mol. The van der Waals surface area contributed by atoms with Crippen LogP contribution in [0.2, 0.25) is 0 Å². The first-order valence-corrected chi connectivity index (χ1v) is 9.62.